The Balaban J connectivity index is 2.43. The number of halogens is 1. The van der Waals surface area contributed by atoms with Crippen LogP contribution >= 0.6 is 22.6 Å². The van der Waals surface area contributed by atoms with E-state index < -0.39 is 0 Å². The third-order valence-corrected chi connectivity index (χ3v) is 3.83. The first kappa shape index (κ1) is 14.6. The highest BCUT2D eigenvalue weighted by Gasteiger charge is 2.10. The average molecular weight is 372 g/mol. The number of ether oxygens (including phenoxy) is 2. The maximum atomic E-state index is 9.19. The predicted octanol–water partition coefficient (Wildman–Crippen LogP) is 3.62. The molecule has 0 unspecified atom stereocenters. The van der Waals surface area contributed by atoms with Crippen molar-refractivity contribution in [2.45, 2.75) is 20.5 Å². The number of fused-ring (bicyclic) bond motifs is 1. The second-order valence-electron chi connectivity index (χ2n) is 4.28. The molecule has 0 saturated heterocycles. The average Bonchev–Trinajstić information content (AvgIpc) is 2.41. The standard InChI is InChI=1S/C15H17IO3/c1-3-18-9-19-15-10(2)13-5-4-11(8-17)6-12(13)7-14(15)16/h4-7,17H,3,8-9H2,1-2H3. The van der Waals surface area contributed by atoms with Crippen LogP contribution in [0.25, 0.3) is 10.8 Å². The zero-order valence-electron chi connectivity index (χ0n) is 11.1. The molecule has 0 saturated carbocycles. The van der Waals surface area contributed by atoms with E-state index in [4.69, 9.17) is 9.47 Å². The molecule has 2 aromatic rings. The van der Waals surface area contributed by atoms with Gasteiger partial charge < -0.3 is 14.6 Å². The number of rotatable bonds is 5. The van der Waals surface area contributed by atoms with Gasteiger partial charge in [-0.05, 0) is 64.9 Å². The lowest BCUT2D eigenvalue weighted by Gasteiger charge is -2.14. The molecule has 0 fully saturated rings. The van der Waals surface area contributed by atoms with Crippen LogP contribution in [-0.4, -0.2) is 18.5 Å². The Morgan fingerprint density at radius 3 is 2.74 bits per heavy atom. The van der Waals surface area contributed by atoms with Crippen molar-refractivity contribution in [3.05, 3.63) is 39.0 Å². The molecule has 1 N–H and O–H groups in total. The third kappa shape index (κ3) is 3.19. The third-order valence-electron chi connectivity index (χ3n) is 3.03. The predicted molar refractivity (Wildman–Crippen MR) is 84.4 cm³/mol. The fourth-order valence-corrected chi connectivity index (χ4v) is 2.93. The Morgan fingerprint density at radius 2 is 2.05 bits per heavy atom. The molecule has 0 aliphatic carbocycles. The van der Waals surface area contributed by atoms with Gasteiger partial charge in [-0.25, -0.2) is 0 Å². The lowest BCUT2D eigenvalue weighted by molar-refractivity contribution is 0.0216. The molecule has 102 valence electrons. The van der Waals surface area contributed by atoms with E-state index in [-0.39, 0.29) is 13.4 Å². The van der Waals surface area contributed by atoms with Gasteiger partial charge in [-0.1, -0.05) is 12.1 Å². The van der Waals surface area contributed by atoms with Crippen LogP contribution < -0.4 is 4.74 Å². The van der Waals surface area contributed by atoms with Crippen LogP contribution in [0, 0.1) is 10.5 Å². The first-order chi connectivity index (χ1) is 9.17. The molecule has 0 aromatic heterocycles. The highest BCUT2D eigenvalue weighted by Crippen LogP contribution is 2.33. The first-order valence-corrected chi connectivity index (χ1v) is 7.28. The Bertz CT molecular complexity index is 581. The van der Waals surface area contributed by atoms with Gasteiger partial charge in [0, 0.05) is 12.2 Å². The maximum Gasteiger partial charge on any atom is 0.189 e. The largest absolute Gasteiger partial charge is 0.466 e. The zero-order valence-corrected chi connectivity index (χ0v) is 13.2. The molecule has 3 nitrogen and oxygen atoms in total. The number of aliphatic hydroxyl groups is 1. The van der Waals surface area contributed by atoms with E-state index in [0.29, 0.717) is 6.61 Å². The summed E-state index contributed by atoms with van der Waals surface area (Å²) in [4.78, 5) is 0. The Hall–Kier alpha value is -0.850. The smallest absolute Gasteiger partial charge is 0.189 e. The molecule has 0 aliphatic heterocycles. The fraction of sp³-hybridized carbons (Fsp3) is 0.333. The number of hydrogen-bond acceptors (Lipinski definition) is 3. The van der Waals surface area contributed by atoms with E-state index in [0.717, 1.165) is 31.2 Å². The molecule has 0 heterocycles. The van der Waals surface area contributed by atoms with Gasteiger partial charge in [0.25, 0.3) is 0 Å². The SMILES string of the molecule is CCOCOc1c(I)cc2cc(CO)ccc2c1C. The Morgan fingerprint density at radius 1 is 1.26 bits per heavy atom. The molecule has 0 radical (unpaired) electrons. The summed E-state index contributed by atoms with van der Waals surface area (Å²) in [5.74, 6) is 0.873. The van der Waals surface area contributed by atoms with Gasteiger partial charge in [-0.2, -0.15) is 0 Å². The highest BCUT2D eigenvalue weighted by atomic mass is 127. The van der Waals surface area contributed by atoms with Crippen molar-refractivity contribution < 1.29 is 14.6 Å². The molecule has 0 amide bonds. The van der Waals surface area contributed by atoms with Crippen LogP contribution in [0.5, 0.6) is 5.75 Å². The van der Waals surface area contributed by atoms with E-state index in [1.54, 1.807) is 0 Å². The van der Waals surface area contributed by atoms with Crippen molar-refractivity contribution in [2.75, 3.05) is 13.4 Å². The molecule has 19 heavy (non-hydrogen) atoms. The summed E-state index contributed by atoms with van der Waals surface area (Å²) in [6.45, 7) is 4.97. The number of benzene rings is 2. The van der Waals surface area contributed by atoms with Crippen molar-refractivity contribution in [3.63, 3.8) is 0 Å². The lowest BCUT2D eigenvalue weighted by Crippen LogP contribution is -2.04. The van der Waals surface area contributed by atoms with E-state index in [1.807, 2.05) is 32.0 Å². The maximum absolute atomic E-state index is 9.19. The molecule has 2 aromatic carbocycles. The van der Waals surface area contributed by atoms with Crippen LogP contribution in [-0.2, 0) is 11.3 Å². The number of hydrogen-bond donors (Lipinski definition) is 1. The van der Waals surface area contributed by atoms with Crippen LogP contribution in [0.1, 0.15) is 18.1 Å². The van der Waals surface area contributed by atoms with E-state index in [2.05, 4.69) is 28.7 Å². The lowest BCUT2D eigenvalue weighted by atomic mass is 10.0. The van der Waals surface area contributed by atoms with E-state index in [1.165, 1.54) is 0 Å². The number of aryl methyl sites for hydroxylation is 1. The van der Waals surface area contributed by atoms with Crippen LogP contribution in [0.15, 0.2) is 24.3 Å². The summed E-state index contributed by atoms with van der Waals surface area (Å²) < 4.78 is 12.0. The van der Waals surface area contributed by atoms with Gasteiger partial charge in [0.15, 0.2) is 6.79 Å². The van der Waals surface area contributed by atoms with Gasteiger partial charge in [0.2, 0.25) is 0 Å². The van der Waals surface area contributed by atoms with E-state index in [9.17, 15) is 5.11 Å². The molecule has 2 rings (SSSR count). The second-order valence-corrected chi connectivity index (χ2v) is 5.44. The van der Waals surface area contributed by atoms with Gasteiger partial charge >= 0.3 is 0 Å². The summed E-state index contributed by atoms with van der Waals surface area (Å²) in [6, 6.07) is 8.05. The van der Waals surface area contributed by atoms with Crippen LogP contribution in [0.4, 0.5) is 0 Å². The van der Waals surface area contributed by atoms with Gasteiger partial charge in [0.05, 0.1) is 10.2 Å². The van der Waals surface area contributed by atoms with Crippen molar-refractivity contribution in [1.82, 2.24) is 0 Å². The molecular weight excluding hydrogens is 355 g/mol. The Kier molecular flexibility index (Phi) is 5.01. The van der Waals surface area contributed by atoms with Crippen molar-refractivity contribution in [1.29, 1.82) is 0 Å². The minimum absolute atomic E-state index is 0.0636. The molecule has 0 atom stereocenters. The molecule has 0 bridgehead atoms. The summed E-state index contributed by atoms with van der Waals surface area (Å²) in [6.07, 6.45) is 0. The van der Waals surface area contributed by atoms with Gasteiger partial charge in [-0.3, -0.25) is 0 Å². The highest BCUT2D eigenvalue weighted by molar-refractivity contribution is 14.1. The monoisotopic (exact) mass is 372 g/mol. The van der Waals surface area contributed by atoms with Gasteiger partial charge in [0.1, 0.15) is 5.75 Å². The summed E-state index contributed by atoms with van der Waals surface area (Å²) >= 11 is 2.27. The minimum Gasteiger partial charge on any atom is -0.466 e. The summed E-state index contributed by atoms with van der Waals surface area (Å²) in [5, 5.41) is 11.5. The first-order valence-electron chi connectivity index (χ1n) is 6.20. The second kappa shape index (κ2) is 6.54. The molecule has 0 aliphatic rings. The van der Waals surface area contributed by atoms with Crippen molar-refractivity contribution >= 4 is 33.4 Å². The Labute approximate surface area is 126 Å². The quantitative estimate of drug-likeness (QED) is 0.495. The van der Waals surface area contributed by atoms with Gasteiger partial charge in [-0.15, -0.1) is 0 Å². The molecule has 4 heteroatoms. The molecule has 0 spiro atoms. The zero-order chi connectivity index (χ0) is 13.8. The minimum atomic E-state index is 0.0636. The topological polar surface area (TPSA) is 38.7 Å². The number of aliphatic hydroxyl groups excluding tert-OH is 1. The normalized spacial score (nSPS) is 10.9. The summed E-state index contributed by atoms with van der Waals surface area (Å²) in [5.41, 5.74) is 2.02. The van der Waals surface area contributed by atoms with E-state index >= 15 is 0 Å². The van der Waals surface area contributed by atoms with Crippen molar-refractivity contribution in [3.8, 4) is 5.75 Å². The van der Waals surface area contributed by atoms with Crippen LogP contribution in [0.2, 0.25) is 0 Å². The van der Waals surface area contributed by atoms with Crippen molar-refractivity contribution in [2.24, 2.45) is 0 Å². The fourth-order valence-electron chi connectivity index (χ4n) is 2.04. The summed E-state index contributed by atoms with van der Waals surface area (Å²) in [7, 11) is 0. The molecular formula is C15H17IO3. The van der Waals surface area contributed by atoms with Crippen LogP contribution in [0.3, 0.4) is 0 Å².